The summed E-state index contributed by atoms with van der Waals surface area (Å²) in [5, 5.41) is 0.739. The van der Waals surface area contributed by atoms with E-state index >= 15 is 0 Å². The Morgan fingerprint density at radius 1 is 0.909 bits per heavy atom. The van der Waals surface area contributed by atoms with Gasteiger partial charge in [0, 0.05) is 69.8 Å². The number of ether oxygens (including phenoxy) is 4. The number of halogens is 2. The van der Waals surface area contributed by atoms with Gasteiger partial charge >= 0.3 is 0 Å². The summed E-state index contributed by atoms with van der Waals surface area (Å²) >= 11 is 4.30. The van der Waals surface area contributed by atoms with Crippen LogP contribution < -0.4 is 19.6 Å². The first-order valence-electron chi connectivity index (χ1n) is 15.4. The number of aryl methyl sites for hydroxylation is 2. The van der Waals surface area contributed by atoms with Crippen molar-refractivity contribution >= 4 is 56.1 Å². The van der Waals surface area contributed by atoms with Gasteiger partial charge in [-0.1, -0.05) is 64.2 Å². The van der Waals surface area contributed by atoms with Gasteiger partial charge in [-0.3, -0.25) is 9.69 Å². The smallest absolute Gasteiger partial charge is 0.197 e. The van der Waals surface area contributed by atoms with Gasteiger partial charge in [-0.15, -0.1) is 0 Å². The van der Waals surface area contributed by atoms with E-state index in [9.17, 15) is 4.79 Å². The summed E-state index contributed by atoms with van der Waals surface area (Å²) in [4.78, 5) is 23.1. The maximum absolute atomic E-state index is 14.2. The van der Waals surface area contributed by atoms with Gasteiger partial charge in [-0.05, 0) is 59.8 Å². The minimum absolute atomic E-state index is 0.0345. The Kier molecular flexibility index (Phi) is 16.6. The lowest BCUT2D eigenvalue weighted by atomic mass is 9.96. The lowest BCUT2D eigenvalue weighted by molar-refractivity contribution is 0.0959. The Labute approximate surface area is 290 Å². The molecule has 0 spiro atoms. The Balaban J connectivity index is 0.00000127. The second kappa shape index (κ2) is 19.8. The van der Waals surface area contributed by atoms with Gasteiger partial charge in [0.1, 0.15) is 17.2 Å². The zero-order chi connectivity index (χ0) is 31.9. The molecule has 0 amide bonds. The number of fused-ring (bicyclic) bond motifs is 3. The van der Waals surface area contributed by atoms with Crippen molar-refractivity contribution in [3.8, 4) is 28.4 Å². The van der Waals surface area contributed by atoms with Crippen molar-refractivity contribution in [1.29, 1.82) is 0 Å². The van der Waals surface area contributed by atoms with Crippen LogP contribution in [0.1, 0.15) is 31.7 Å². The van der Waals surface area contributed by atoms with E-state index < -0.39 is 0 Å². The monoisotopic (exact) mass is 833 g/mol. The molecule has 2 aliphatic rings. The Morgan fingerprint density at radius 3 is 2.23 bits per heavy atom. The molecular formula is C34H49I2N3O5. The van der Waals surface area contributed by atoms with E-state index in [-0.39, 0.29) is 5.43 Å². The molecule has 10 heteroatoms. The molecule has 2 aliphatic heterocycles. The van der Waals surface area contributed by atoms with Crippen LogP contribution in [0.4, 0.5) is 0 Å². The third kappa shape index (κ3) is 9.46. The highest BCUT2D eigenvalue weighted by molar-refractivity contribution is 14.1. The molecule has 44 heavy (non-hydrogen) atoms. The molecule has 0 radical (unpaired) electrons. The maximum Gasteiger partial charge on any atom is 0.197 e. The highest BCUT2D eigenvalue weighted by Gasteiger charge is 2.24. The van der Waals surface area contributed by atoms with Gasteiger partial charge < -0.3 is 28.4 Å². The summed E-state index contributed by atoms with van der Waals surface area (Å²) in [5.74, 6) is 2.29. The predicted octanol–water partition coefficient (Wildman–Crippen LogP) is 6.55. The normalized spacial score (nSPS) is 14.9. The maximum atomic E-state index is 14.2. The second-order valence-corrected chi connectivity index (χ2v) is 10.7. The average molecular weight is 834 g/mol. The lowest BCUT2D eigenvalue weighted by Gasteiger charge is -2.34. The molecule has 1 saturated heterocycles. The number of rotatable bonds is 12. The van der Waals surface area contributed by atoms with Crippen LogP contribution in [0.2, 0.25) is 0 Å². The van der Waals surface area contributed by atoms with E-state index in [1.165, 1.54) is 0 Å². The van der Waals surface area contributed by atoms with Crippen molar-refractivity contribution in [2.75, 3.05) is 83.2 Å². The molecule has 1 aromatic heterocycles. The van der Waals surface area contributed by atoms with E-state index in [1.54, 1.807) is 14.2 Å². The molecule has 1 fully saturated rings. The fourth-order valence-corrected chi connectivity index (χ4v) is 5.81. The minimum Gasteiger partial charge on any atom is -0.497 e. The number of pyridine rings is 1. The van der Waals surface area contributed by atoms with Gasteiger partial charge in [0.25, 0.3) is 0 Å². The molecule has 3 heterocycles. The highest BCUT2D eigenvalue weighted by atomic mass is 127. The summed E-state index contributed by atoms with van der Waals surface area (Å²) in [5.41, 5.74) is 3.52. The fourth-order valence-electron chi connectivity index (χ4n) is 5.81. The van der Waals surface area contributed by atoms with Crippen LogP contribution in [0, 0.1) is 0 Å². The van der Waals surface area contributed by atoms with Gasteiger partial charge in [-0.25, -0.2) is 0 Å². The number of nitrogens with zero attached hydrogens (tertiary/aromatic N) is 3. The van der Waals surface area contributed by atoms with Crippen LogP contribution in [0.5, 0.6) is 17.2 Å². The van der Waals surface area contributed by atoms with Gasteiger partial charge in [-0.2, -0.15) is 0 Å². The summed E-state index contributed by atoms with van der Waals surface area (Å²) < 4.78 is 25.2. The number of benzene rings is 2. The van der Waals surface area contributed by atoms with E-state index in [0.29, 0.717) is 18.8 Å². The minimum atomic E-state index is 0.0345. The molecule has 0 aliphatic carbocycles. The molecule has 8 nitrogen and oxygen atoms in total. The number of piperazine rings is 1. The molecular weight excluding hydrogens is 784 g/mol. The second-order valence-electron chi connectivity index (χ2n) is 10.7. The number of hydrogen-bond donors (Lipinski definition) is 0. The molecule has 0 saturated carbocycles. The first kappa shape index (κ1) is 36.9. The summed E-state index contributed by atoms with van der Waals surface area (Å²) in [6.07, 6.45) is 5.64. The molecule has 0 bridgehead atoms. The van der Waals surface area contributed by atoms with Gasteiger partial charge in [0.15, 0.2) is 5.43 Å². The van der Waals surface area contributed by atoms with Crippen LogP contribution in [0.3, 0.4) is 0 Å². The van der Waals surface area contributed by atoms with Crippen molar-refractivity contribution < 1.29 is 18.9 Å². The Bertz CT molecular complexity index is 1340. The first-order chi connectivity index (χ1) is 21.6. The predicted molar refractivity (Wildman–Crippen MR) is 199 cm³/mol. The third-order valence-electron chi connectivity index (χ3n) is 8.02. The standard InChI is InChI=1S/C32H43N3O5.2CH3I/c1-4-19-39-29-22-28-26(7-5-20-40-28)30-31(29)35(13-6-12-33-14-16-34(17-15-33)18-21-37-2)23-27(32(30)36)24-8-10-25(38-3)11-9-24;2*1-2/h8-11,22-23H,4-7,12-21H2,1-3H3;2*1H3. The zero-order valence-corrected chi connectivity index (χ0v) is 31.3. The van der Waals surface area contributed by atoms with Gasteiger partial charge in [0.2, 0.25) is 0 Å². The summed E-state index contributed by atoms with van der Waals surface area (Å²) in [6, 6.07) is 9.77. The Morgan fingerprint density at radius 2 is 1.59 bits per heavy atom. The van der Waals surface area contributed by atoms with E-state index in [4.69, 9.17) is 18.9 Å². The van der Waals surface area contributed by atoms with Crippen molar-refractivity contribution in [2.24, 2.45) is 0 Å². The van der Waals surface area contributed by atoms with E-state index in [1.807, 2.05) is 46.4 Å². The zero-order valence-electron chi connectivity index (χ0n) is 27.0. The van der Waals surface area contributed by atoms with Crippen LogP contribution in [-0.4, -0.2) is 97.5 Å². The van der Waals surface area contributed by atoms with Crippen molar-refractivity contribution in [1.82, 2.24) is 14.4 Å². The molecule has 244 valence electrons. The van der Waals surface area contributed by atoms with Crippen LogP contribution in [0.25, 0.3) is 22.0 Å². The largest absolute Gasteiger partial charge is 0.497 e. The summed E-state index contributed by atoms with van der Waals surface area (Å²) in [6.45, 7) is 11.2. The topological polar surface area (TPSA) is 65.4 Å². The number of hydrogen-bond acceptors (Lipinski definition) is 7. The van der Waals surface area contributed by atoms with Crippen molar-refractivity contribution in [2.45, 2.75) is 39.2 Å². The van der Waals surface area contributed by atoms with Crippen LogP contribution in [-0.2, 0) is 17.7 Å². The first-order valence-corrected chi connectivity index (χ1v) is 19.8. The molecule has 3 aromatic rings. The lowest BCUT2D eigenvalue weighted by Crippen LogP contribution is -2.47. The van der Waals surface area contributed by atoms with Crippen molar-refractivity contribution in [3.05, 3.63) is 52.3 Å². The average Bonchev–Trinajstić information content (AvgIpc) is 3.09. The number of alkyl halides is 2. The van der Waals surface area contributed by atoms with Gasteiger partial charge in [0.05, 0.1) is 37.8 Å². The fraction of sp³-hybridized carbons (Fsp3) is 0.559. The Hall–Kier alpha value is -1.61. The van der Waals surface area contributed by atoms with E-state index in [2.05, 4.69) is 66.5 Å². The molecule has 0 N–H and O–H groups in total. The van der Waals surface area contributed by atoms with Crippen molar-refractivity contribution in [3.63, 3.8) is 0 Å². The highest BCUT2D eigenvalue weighted by Crippen LogP contribution is 2.38. The quantitative estimate of drug-likeness (QED) is 0.152. The molecule has 5 rings (SSSR count). The van der Waals surface area contributed by atoms with E-state index in [0.717, 1.165) is 117 Å². The summed E-state index contributed by atoms with van der Waals surface area (Å²) in [7, 11) is 3.42. The van der Waals surface area contributed by atoms with Crippen LogP contribution >= 0.6 is 45.2 Å². The molecule has 0 atom stereocenters. The van der Waals surface area contributed by atoms with Crippen LogP contribution in [0.15, 0.2) is 41.3 Å². The number of aromatic nitrogens is 1. The molecule has 0 unspecified atom stereocenters. The molecule has 2 aromatic carbocycles. The third-order valence-corrected chi connectivity index (χ3v) is 8.02. The SMILES string of the molecule is CCCOc1cc2c(c3c(=O)c(-c4ccc(OC)cc4)cn(CCCN4CCN(CCOC)CC4)c13)CCCO2.CI.CI. The number of methoxy groups -OCH3 is 2.